The summed E-state index contributed by atoms with van der Waals surface area (Å²) in [6, 6.07) is 19.5. The largest absolute Gasteiger partial charge is 0.493 e. The van der Waals surface area contributed by atoms with Gasteiger partial charge in [0.15, 0.2) is 11.5 Å². The zero-order chi connectivity index (χ0) is 25.5. The Morgan fingerprint density at radius 3 is 2.42 bits per heavy atom. The number of anilines is 1. The second-order valence-electron chi connectivity index (χ2n) is 9.72. The molecule has 7 nitrogen and oxygen atoms in total. The van der Waals surface area contributed by atoms with Gasteiger partial charge in [-0.3, -0.25) is 10.2 Å². The maximum atomic E-state index is 12.6. The van der Waals surface area contributed by atoms with Gasteiger partial charge in [-0.15, -0.1) is 12.4 Å². The van der Waals surface area contributed by atoms with Crippen molar-refractivity contribution in [3.63, 3.8) is 0 Å². The minimum atomic E-state index is -0.583. The van der Waals surface area contributed by atoms with E-state index in [-0.39, 0.29) is 25.1 Å². The molecule has 1 saturated heterocycles. The lowest BCUT2D eigenvalue weighted by molar-refractivity contribution is 0.0552. The molecule has 1 fully saturated rings. The Balaban J connectivity index is 0.00000294. The zero-order valence-corrected chi connectivity index (χ0v) is 22.2. The third-order valence-electron chi connectivity index (χ3n) is 7.67. The normalized spacial score (nSPS) is 18.4. The van der Waals surface area contributed by atoms with E-state index in [9.17, 15) is 9.90 Å². The molecule has 0 saturated carbocycles. The number of nitrogens with one attached hydrogen (secondary N) is 1. The number of hydrogen-bond acceptors (Lipinski definition) is 6. The first-order chi connectivity index (χ1) is 18.1. The van der Waals surface area contributed by atoms with Gasteiger partial charge < -0.3 is 19.3 Å². The fourth-order valence-electron chi connectivity index (χ4n) is 5.93. The van der Waals surface area contributed by atoms with E-state index in [1.807, 2.05) is 60.7 Å². The smallest absolute Gasteiger partial charge is 0.411 e. The van der Waals surface area contributed by atoms with Crippen molar-refractivity contribution in [2.24, 2.45) is 0 Å². The number of carbonyl (C=O) groups is 1. The van der Waals surface area contributed by atoms with Crippen LogP contribution in [0.3, 0.4) is 0 Å². The van der Waals surface area contributed by atoms with Crippen LogP contribution in [0.5, 0.6) is 11.5 Å². The number of hydrogen-bond donors (Lipinski definition) is 2. The summed E-state index contributed by atoms with van der Waals surface area (Å²) in [5.74, 6) is 1.28. The van der Waals surface area contributed by atoms with Gasteiger partial charge in [0.25, 0.3) is 0 Å². The van der Waals surface area contributed by atoms with Crippen LogP contribution in [-0.4, -0.2) is 42.9 Å². The minimum absolute atomic E-state index is 0. The molecule has 38 heavy (non-hydrogen) atoms. The van der Waals surface area contributed by atoms with E-state index in [1.165, 1.54) is 0 Å². The molecule has 0 aliphatic carbocycles. The number of ether oxygens (including phenoxy) is 3. The Kier molecular flexibility index (Phi) is 7.34. The predicted octanol–water partition coefficient (Wildman–Crippen LogP) is 6.19. The zero-order valence-electron chi connectivity index (χ0n) is 21.4. The summed E-state index contributed by atoms with van der Waals surface area (Å²) in [7, 11) is 3.25. The van der Waals surface area contributed by atoms with Gasteiger partial charge in [0, 0.05) is 18.3 Å². The van der Waals surface area contributed by atoms with Crippen molar-refractivity contribution >= 4 is 45.7 Å². The molecule has 0 bridgehead atoms. The molecule has 0 spiro atoms. The molecule has 2 N–H and O–H groups in total. The van der Waals surface area contributed by atoms with Gasteiger partial charge in [-0.1, -0.05) is 36.4 Å². The van der Waals surface area contributed by atoms with E-state index < -0.39 is 12.2 Å². The predicted molar refractivity (Wildman–Crippen MR) is 150 cm³/mol. The highest BCUT2D eigenvalue weighted by atomic mass is 35.5. The first kappa shape index (κ1) is 26.1. The molecule has 8 heteroatoms. The van der Waals surface area contributed by atoms with Crippen LogP contribution in [0.2, 0.25) is 0 Å². The maximum absolute atomic E-state index is 12.6. The highest BCUT2D eigenvalue weighted by Gasteiger charge is 2.39. The number of aliphatic hydroxyl groups is 1. The maximum Gasteiger partial charge on any atom is 0.411 e. The Morgan fingerprint density at radius 2 is 1.68 bits per heavy atom. The van der Waals surface area contributed by atoms with E-state index >= 15 is 0 Å². The Hall–Kier alpha value is -3.52. The molecule has 4 aromatic rings. The van der Waals surface area contributed by atoms with Crippen molar-refractivity contribution in [3.8, 4) is 11.5 Å². The average molecular weight is 535 g/mol. The fourth-order valence-corrected chi connectivity index (χ4v) is 5.93. The molecule has 0 radical (unpaired) electrons. The summed E-state index contributed by atoms with van der Waals surface area (Å²) < 4.78 is 16.7. The van der Waals surface area contributed by atoms with Gasteiger partial charge in [0.2, 0.25) is 0 Å². The minimum Gasteiger partial charge on any atom is -0.493 e. The van der Waals surface area contributed by atoms with Gasteiger partial charge in [-0.05, 0) is 81.9 Å². The number of halogens is 1. The van der Waals surface area contributed by atoms with Gasteiger partial charge in [0.1, 0.15) is 6.61 Å². The third-order valence-corrected chi connectivity index (χ3v) is 7.67. The van der Waals surface area contributed by atoms with Gasteiger partial charge >= 0.3 is 6.09 Å². The van der Waals surface area contributed by atoms with Gasteiger partial charge in [-0.25, -0.2) is 4.79 Å². The van der Waals surface area contributed by atoms with Crippen LogP contribution < -0.4 is 14.8 Å². The molecule has 2 atom stereocenters. The first-order valence-electron chi connectivity index (χ1n) is 12.6. The van der Waals surface area contributed by atoms with E-state index in [1.54, 1.807) is 14.2 Å². The van der Waals surface area contributed by atoms with Crippen LogP contribution in [-0.2, 0) is 17.9 Å². The highest BCUT2D eigenvalue weighted by molar-refractivity contribution is 6.13. The molecule has 1 amide bonds. The second kappa shape index (κ2) is 10.7. The molecule has 4 aromatic carbocycles. The van der Waals surface area contributed by atoms with Crippen molar-refractivity contribution < 1.29 is 24.1 Å². The molecule has 2 aliphatic heterocycles. The van der Waals surface area contributed by atoms with Crippen molar-refractivity contribution in [3.05, 3.63) is 77.4 Å². The lowest BCUT2D eigenvalue weighted by Gasteiger charge is -2.37. The highest BCUT2D eigenvalue weighted by Crippen LogP contribution is 2.47. The van der Waals surface area contributed by atoms with Gasteiger partial charge in [-0.2, -0.15) is 0 Å². The number of benzene rings is 4. The molecule has 0 unspecified atom stereocenters. The Bertz CT molecular complexity index is 1490. The summed E-state index contributed by atoms with van der Waals surface area (Å²) in [6.07, 6.45) is 0.966. The summed E-state index contributed by atoms with van der Waals surface area (Å²) in [4.78, 5) is 14.9. The van der Waals surface area contributed by atoms with Crippen LogP contribution in [0.4, 0.5) is 10.5 Å². The van der Waals surface area contributed by atoms with E-state index in [0.717, 1.165) is 64.2 Å². The van der Waals surface area contributed by atoms with Crippen molar-refractivity contribution in [2.45, 2.75) is 38.1 Å². The lowest BCUT2D eigenvalue weighted by atomic mass is 9.83. The summed E-state index contributed by atoms with van der Waals surface area (Å²) in [5.41, 5.74) is 3.63. The number of aliphatic hydroxyl groups excluding tert-OH is 1. The molecule has 2 heterocycles. The number of rotatable bonds is 5. The van der Waals surface area contributed by atoms with Gasteiger partial charge in [0.05, 0.1) is 20.3 Å². The summed E-state index contributed by atoms with van der Waals surface area (Å²) in [5, 5.41) is 18.3. The lowest BCUT2D eigenvalue weighted by Crippen LogP contribution is -2.39. The van der Waals surface area contributed by atoms with Crippen molar-refractivity contribution in [1.29, 1.82) is 0 Å². The standard InChI is InChI=1S/C30H30N2O5.ClH/c1-35-26-14-22-21-13-19(31-30(34)37-17-18-7-4-3-5-8-18)10-11-20(21)28-24(23(22)15-27(26)36-2)16-32-12-6-9-25(32)29(28)33;/h3-5,7-8,10-11,13-15,25,29,33H,6,9,12,16-17H2,1-2H3,(H,31,34);1H/t25-,29+;/m0./s1. The molecular formula is C30H31ClN2O5. The third kappa shape index (κ3) is 4.51. The van der Waals surface area contributed by atoms with E-state index in [4.69, 9.17) is 14.2 Å². The van der Waals surface area contributed by atoms with Crippen molar-refractivity contribution in [1.82, 2.24) is 4.90 Å². The number of fused-ring (bicyclic) bond motifs is 7. The number of methoxy groups -OCH3 is 2. The summed E-state index contributed by atoms with van der Waals surface area (Å²) in [6.45, 7) is 1.96. The Morgan fingerprint density at radius 1 is 0.974 bits per heavy atom. The molecule has 6 rings (SSSR count). The second-order valence-corrected chi connectivity index (χ2v) is 9.72. The fraction of sp³-hybridized carbons (Fsp3) is 0.300. The molecule has 198 valence electrons. The van der Waals surface area contributed by atoms with Crippen LogP contribution in [0.1, 0.15) is 35.6 Å². The SMILES string of the molecule is COc1cc2c3c(c4ccc(NC(=O)OCc5ccccc5)cc4c2cc1OC)[C@H](O)[C@@H]1CCCN1C3.Cl. The van der Waals surface area contributed by atoms with Crippen LogP contribution in [0, 0.1) is 0 Å². The molecule has 0 aromatic heterocycles. The van der Waals surface area contributed by atoms with Crippen molar-refractivity contribution in [2.75, 3.05) is 26.1 Å². The quantitative estimate of drug-likeness (QED) is 0.297. The van der Waals surface area contributed by atoms with Crippen LogP contribution in [0.15, 0.2) is 60.7 Å². The number of amides is 1. The average Bonchev–Trinajstić information content (AvgIpc) is 3.41. The van der Waals surface area contributed by atoms with Crippen LogP contribution >= 0.6 is 12.4 Å². The summed E-state index contributed by atoms with van der Waals surface area (Å²) >= 11 is 0. The van der Waals surface area contributed by atoms with E-state index in [0.29, 0.717) is 17.2 Å². The number of carbonyl (C=O) groups excluding carboxylic acids is 1. The first-order valence-corrected chi connectivity index (χ1v) is 12.6. The number of nitrogens with zero attached hydrogens (tertiary/aromatic N) is 1. The van der Waals surface area contributed by atoms with Crippen LogP contribution in [0.25, 0.3) is 21.5 Å². The molecule has 2 aliphatic rings. The Labute approximate surface area is 227 Å². The molecular weight excluding hydrogens is 504 g/mol. The van der Waals surface area contributed by atoms with E-state index in [2.05, 4.69) is 10.2 Å². The topological polar surface area (TPSA) is 80.3 Å². The monoisotopic (exact) mass is 534 g/mol.